The first kappa shape index (κ1) is 16.9. The van der Waals surface area contributed by atoms with Gasteiger partial charge in [-0.15, -0.1) is 19.0 Å². The molecule has 1 aromatic carbocycles. The summed E-state index contributed by atoms with van der Waals surface area (Å²) in [5.41, 5.74) is 4.12. The SMILES string of the molecule is C=CCC[C@@H](N)c1c(F)cccc1C(F)(F)F.Cl. The Bertz CT molecular complexity index is 404. The third kappa shape index (κ3) is 3.99. The van der Waals surface area contributed by atoms with Crippen LogP contribution in [-0.4, -0.2) is 0 Å². The molecule has 1 atom stereocenters. The number of nitrogens with two attached hydrogens (primary N) is 1. The van der Waals surface area contributed by atoms with Crippen molar-refractivity contribution in [1.29, 1.82) is 0 Å². The summed E-state index contributed by atoms with van der Waals surface area (Å²) >= 11 is 0. The van der Waals surface area contributed by atoms with Crippen LogP contribution in [0.25, 0.3) is 0 Å². The van der Waals surface area contributed by atoms with E-state index in [1.165, 1.54) is 6.08 Å². The number of halogens is 5. The maximum Gasteiger partial charge on any atom is 0.416 e. The standard InChI is InChI=1S/C12H13F4N.ClH/c1-2-3-7-10(17)11-8(12(14,15)16)5-4-6-9(11)13;/h2,4-6,10H,1,3,7,17H2;1H/t10-;/m1./s1. The Balaban J connectivity index is 0.00000289. The second-order valence-corrected chi connectivity index (χ2v) is 3.67. The van der Waals surface area contributed by atoms with Gasteiger partial charge in [-0.2, -0.15) is 13.2 Å². The smallest absolute Gasteiger partial charge is 0.324 e. The maximum absolute atomic E-state index is 13.5. The molecule has 0 heterocycles. The van der Waals surface area contributed by atoms with E-state index >= 15 is 0 Å². The lowest BCUT2D eigenvalue weighted by molar-refractivity contribution is -0.138. The van der Waals surface area contributed by atoms with Gasteiger partial charge in [0, 0.05) is 11.6 Å². The van der Waals surface area contributed by atoms with Crippen molar-refractivity contribution in [2.45, 2.75) is 25.1 Å². The van der Waals surface area contributed by atoms with E-state index in [-0.39, 0.29) is 18.8 Å². The highest BCUT2D eigenvalue weighted by Gasteiger charge is 2.35. The van der Waals surface area contributed by atoms with E-state index in [2.05, 4.69) is 6.58 Å². The Hall–Kier alpha value is -1.07. The van der Waals surface area contributed by atoms with Crippen LogP contribution in [0.15, 0.2) is 30.9 Å². The predicted octanol–water partition coefficient (Wildman–Crippen LogP) is 4.23. The molecular weight excluding hydrogens is 270 g/mol. The van der Waals surface area contributed by atoms with Crippen LogP contribution in [0.2, 0.25) is 0 Å². The van der Waals surface area contributed by atoms with E-state index < -0.39 is 29.2 Å². The van der Waals surface area contributed by atoms with Crippen molar-refractivity contribution in [1.82, 2.24) is 0 Å². The Kier molecular flexibility index (Phi) is 6.35. The molecule has 0 radical (unpaired) electrons. The molecule has 0 unspecified atom stereocenters. The van der Waals surface area contributed by atoms with E-state index in [1.807, 2.05) is 0 Å². The van der Waals surface area contributed by atoms with Crippen molar-refractivity contribution in [3.8, 4) is 0 Å². The lowest BCUT2D eigenvalue weighted by atomic mass is 9.96. The Morgan fingerprint density at radius 2 is 1.94 bits per heavy atom. The van der Waals surface area contributed by atoms with Crippen LogP contribution in [-0.2, 0) is 6.18 Å². The monoisotopic (exact) mass is 283 g/mol. The van der Waals surface area contributed by atoms with Crippen molar-refractivity contribution in [2.24, 2.45) is 5.73 Å². The quantitative estimate of drug-likeness (QED) is 0.649. The van der Waals surface area contributed by atoms with Crippen LogP contribution >= 0.6 is 12.4 Å². The molecule has 0 aliphatic rings. The molecule has 1 rings (SSSR count). The minimum Gasteiger partial charge on any atom is -0.324 e. The van der Waals surface area contributed by atoms with Gasteiger partial charge in [0.25, 0.3) is 0 Å². The molecule has 0 bridgehead atoms. The molecule has 0 aromatic heterocycles. The predicted molar refractivity (Wildman–Crippen MR) is 65.0 cm³/mol. The molecule has 1 nitrogen and oxygen atoms in total. The van der Waals surface area contributed by atoms with Crippen LogP contribution in [0.1, 0.15) is 30.0 Å². The molecule has 6 heteroatoms. The molecule has 0 spiro atoms. The van der Waals surface area contributed by atoms with E-state index in [0.29, 0.717) is 6.42 Å². The topological polar surface area (TPSA) is 26.0 Å². The third-order valence-electron chi connectivity index (χ3n) is 2.41. The van der Waals surface area contributed by atoms with Crippen molar-refractivity contribution in [3.05, 3.63) is 47.8 Å². The summed E-state index contributed by atoms with van der Waals surface area (Å²) in [6.07, 6.45) is -2.39. The van der Waals surface area contributed by atoms with Gasteiger partial charge in [-0.3, -0.25) is 0 Å². The first-order valence-corrected chi connectivity index (χ1v) is 5.10. The lowest BCUT2D eigenvalue weighted by Gasteiger charge is -2.18. The molecule has 18 heavy (non-hydrogen) atoms. The van der Waals surface area contributed by atoms with Gasteiger partial charge in [-0.05, 0) is 25.0 Å². The van der Waals surface area contributed by atoms with E-state index in [4.69, 9.17) is 5.73 Å². The second-order valence-electron chi connectivity index (χ2n) is 3.67. The molecule has 102 valence electrons. The molecule has 0 aliphatic carbocycles. The van der Waals surface area contributed by atoms with Crippen LogP contribution in [0.5, 0.6) is 0 Å². The minimum atomic E-state index is -4.59. The maximum atomic E-state index is 13.5. The Morgan fingerprint density at radius 1 is 1.33 bits per heavy atom. The molecule has 0 saturated heterocycles. The largest absolute Gasteiger partial charge is 0.416 e. The Labute approximate surface area is 109 Å². The van der Waals surface area contributed by atoms with Gasteiger partial charge in [-0.25, -0.2) is 4.39 Å². The van der Waals surface area contributed by atoms with E-state index in [0.717, 1.165) is 18.2 Å². The molecule has 2 N–H and O–H groups in total. The van der Waals surface area contributed by atoms with Crippen LogP contribution in [0, 0.1) is 5.82 Å². The number of benzene rings is 1. The summed E-state index contributed by atoms with van der Waals surface area (Å²) in [6, 6.07) is 1.87. The fourth-order valence-corrected chi connectivity index (χ4v) is 1.60. The molecule has 0 amide bonds. The number of hydrogen-bond acceptors (Lipinski definition) is 1. The summed E-state index contributed by atoms with van der Waals surface area (Å²) in [5.74, 6) is -0.920. The Morgan fingerprint density at radius 3 is 2.44 bits per heavy atom. The highest BCUT2D eigenvalue weighted by atomic mass is 35.5. The summed E-state index contributed by atoms with van der Waals surface area (Å²) in [7, 11) is 0. The van der Waals surface area contributed by atoms with Gasteiger partial charge in [0.05, 0.1) is 5.56 Å². The second kappa shape index (κ2) is 6.75. The molecule has 1 aromatic rings. The molecule has 0 aliphatic heterocycles. The van der Waals surface area contributed by atoms with Gasteiger partial charge >= 0.3 is 6.18 Å². The minimum absolute atomic E-state index is 0. The summed E-state index contributed by atoms with van der Waals surface area (Å²) in [5, 5.41) is 0. The number of allylic oxidation sites excluding steroid dienone is 1. The highest BCUT2D eigenvalue weighted by molar-refractivity contribution is 5.85. The molecule has 0 saturated carbocycles. The normalized spacial score (nSPS) is 12.7. The first-order valence-electron chi connectivity index (χ1n) is 5.10. The average molecular weight is 284 g/mol. The van der Waals surface area contributed by atoms with Crippen LogP contribution in [0.4, 0.5) is 17.6 Å². The summed E-state index contributed by atoms with van der Waals surface area (Å²) in [6.45, 7) is 3.45. The van der Waals surface area contributed by atoms with Gasteiger partial charge in [0.2, 0.25) is 0 Å². The van der Waals surface area contributed by atoms with Crippen molar-refractivity contribution in [2.75, 3.05) is 0 Å². The first-order chi connectivity index (χ1) is 7.88. The number of alkyl halides is 3. The molecule has 0 fully saturated rings. The van der Waals surface area contributed by atoms with Gasteiger partial charge in [-0.1, -0.05) is 12.1 Å². The van der Waals surface area contributed by atoms with Gasteiger partial charge in [0.15, 0.2) is 0 Å². The van der Waals surface area contributed by atoms with Crippen LogP contribution < -0.4 is 5.73 Å². The zero-order valence-electron chi connectivity index (χ0n) is 9.51. The zero-order valence-corrected chi connectivity index (χ0v) is 10.3. The summed E-state index contributed by atoms with van der Waals surface area (Å²) < 4.78 is 51.5. The zero-order chi connectivity index (χ0) is 13.1. The van der Waals surface area contributed by atoms with Crippen LogP contribution in [0.3, 0.4) is 0 Å². The molecular formula is C12H14ClF4N. The fourth-order valence-electron chi connectivity index (χ4n) is 1.60. The number of hydrogen-bond donors (Lipinski definition) is 1. The van der Waals surface area contributed by atoms with Crippen molar-refractivity contribution < 1.29 is 17.6 Å². The third-order valence-corrected chi connectivity index (χ3v) is 2.41. The van der Waals surface area contributed by atoms with Crippen molar-refractivity contribution >= 4 is 12.4 Å². The highest BCUT2D eigenvalue weighted by Crippen LogP contribution is 2.36. The fraction of sp³-hybridized carbons (Fsp3) is 0.333. The van der Waals surface area contributed by atoms with Crippen molar-refractivity contribution in [3.63, 3.8) is 0 Å². The van der Waals surface area contributed by atoms with E-state index in [1.54, 1.807) is 0 Å². The average Bonchev–Trinajstić information content (AvgIpc) is 2.24. The van der Waals surface area contributed by atoms with Gasteiger partial charge in [0.1, 0.15) is 5.82 Å². The van der Waals surface area contributed by atoms with E-state index in [9.17, 15) is 17.6 Å². The lowest BCUT2D eigenvalue weighted by Crippen LogP contribution is -2.19. The number of rotatable bonds is 4. The van der Waals surface area contributed by atoms with Gasteiger partial charge < -0.3 is 5.73 Å². The summed E-state index contributed by atoms with van der Waals surface area (Å²) in [4.78, 5) is 0.